The summed E-state index contributed by atoms with van der Waals surface area (Å²) in [6.45, 7) is 9.99. The van der Waals surface area contributed by atoms with Crippen LogP contribution in [0.5, 0.6) is 0 Å². The van der Waals surface area contributed by atoms with Crippen LogP contribution in [-0.2, 0) is 0 Å². The standard InChI is InChI=1S/C12H18/c1-5-8-10-11(4)12(7-3)9-6-2/h5-6,8-10H,2,7H2,1,3-4H3/b8-5-,11-10+,12-9+. The molecule has 0 N–H and O–H groups in total. The zero-order chi connectivity index (χ0) is 9.40. The lowest BCUT2D eigenvalue weighted by Crippen LogP contribution is -1.81. The van der Waals surface area contributed by atoms with E-state index >= 15 is 0 Å². The molecule has 0 amide bonds. The summed E-state index contributed by atoms with van der Waals surface area (Å²) in [5, 5.41) is 0. The van der Waals surface area contributed by atoms with Gasteiger partial charge in [-0.25, -0.2) is 0 Å². The Bertz CT molecular complexity index is 214. The molecule has 0 heteroatoms. The van der Waals surface area contributed by atoms with Gasteiger partial charge < -0.3 is 0 Å². The molecular weight excluding hydrogens is 144 g/mol. The Morgan fingerprint density at radius 3 is 2.42 bits per heavy atom. The van der Waals surface area contributed by atoms with E-state index in [0.717, 1.165) is 6.42 Å². The van der Waals surface area contributed by atoms with E-state index in [9.17, 15) is 0 Å². The first-order chi connectivity index (χ1) is 5.76. The first-order valence-electron chi connectivity index (χ1n) is 4.37. The topological polar surface area (TPSA) is 0 Å². The van der Waals surface area contributed by atoms with Gasteiger partial charge in [0.15, 0.2) is 0 Å². The summed E-state index contributed by atoms with van der Waals surface area (Å²) >= 11 is 0. The van der Waals surface area contributed by atoms with Gasteiger partial charge in [0.2, 0.25) is 0 Å². The van der Waals surface area contributed by atoms with Gasteiger partial charge >= 0.3 is 0 Å². The molecule has 0 aliphatic carbocycles. The molecule has 0 aromatic heterocycles. The fourth-order valence-corrected chi connectivity index (χ4v) is 1.02. The maximum atomic E-state index is 3.69. The van der Waals surface area contributed by atoms with Gasteiger partial charge in [-0.2, -0.15) is 0 Å². The molecule has 0 aliphatic heterocycles. The summed E-state index contributed by atoms with van der Waals surface area (Å²) < 4.78 is 0. The van der Waals surface area contributed by atoms with Crippen molar-refractivity contribution in [1.82, 2.24) is 0 Å². The van der Waals surface area contributed by atoms with Crippen molar-refractivity contribution >= 4 is 0 Å². The van der Waals surface area contributed by atoms with Crippen LogP contribution < -0.4 is 0 Å². The largest absolute Gasteiger partial charge is 0.0991 e. The SMILES string of the molecule is C=C/C=C(CC)/C(C)=C/C=C\C. The Morgan fingerprint density at radius 1 is 1.33 bits per heavy atom. The Balaban J connectivity index is 4.51. The molecule has 66 valence electrons. The molecule has 0 saturated heterocycles. The quantitative estimate of drug-likeness (QED) is 0.547. The van der Waals surface area contributed by atoms with Gasteiger partial charge in [0, 0.05) is 0 Å². The van der Waals surface area contributed by atoms with Gasteiger partial charge in [-0.05, 0) is 31.4 Å². The predicted molar refractivity (Wildman–Crippen MR) is 57.1 cm³/mol. The second kappa shape index (κ2) is 6.66. The molecule has 12 heavy (non-hydrogen) atoms. The van der Waals surface area contributed by atoms with Crippen molar-refractivity contribution in [2.45, 2.75) is 27.2 Å². The van der Waals surface area contributed by atoms with Gasteiger partial charge in [0.25, 0.3) is 0 Å². The van der Waals surface area contributed by atoms with E-state index in [1.807, 2.05) is 19.1 Å². The minimum Gasteiger partial charge on any atom is -0.0991 e. The number of rotatable bonds is 4. The monoisotopic (exact) mass is 162 g/mol. The van der Waals surface area contributed by atoms with Gasteiger partial charge in [-0.15, -0.1) is 0 Å². The molecule has 0 aromatic rings. The highest BCUT2D eigenvalue weighted by Gasteiger charge is 1.92. The van der Waals surface area contributed by atoms with Crippen LogP contribution in [0.25, 0.3) is 0 Å². The van der Waals surface area contributed by atoms with Crippen molar-refractivity contribution in [3.8, 4) is 0 Å². The van der Waals surface area contributed by atoms with Crippen molar-refractivity contribution in [3.05, 3.63) is 48.1 Å². The van der Waals surface area contributed by atoms with Crippen molar-refractivity contribution in [2.75, 3.05) is 0 Å². The number of hydrogen-bond acceptors (Lipinski definition) is 0. The van der Waals surface area contributed by atoms with E-state index in [2.05, 4.69) is 38.7 Å². The first kappa shape index (κ1) is 11.0. The Labute approximate surface area is 76.0 Å². The maximum Gasteiger partial charge on any atom is -0.0305 e. The summed E-state index contributed by atoms with van der Waals surface area (Å²) in [6.07, 6.45) is 11.2. The van der Waals surface area contributed by atoms with Crippen molar-refractivity contribution < 1.29 is 0 Å². The molecule has 0 radical (unpaired) electrons. The Hall–Kier alpha value is -1.04. The second-order valence-corrected chi connectivity index (χ2v) is 2.66. The van der Waals surface area contributed by atoms with E-state index in [1.54, 1.807) is 0 Å². The number of allylic oxidation sites excluding steroid dienone is 7. The molecule has 0 aromatic carbocycles. The minimum atomic E-state index is 1.06. The predicted octanol–water partition coefficient (Wildman–Crippen LogP) is 4.03. The Morgan fingerprint density at radius 2 is 2.00 bits per heavy atom. The molecule has 0 aliphatic rings. The Kier molecular flexibility index (Phi) is 6.08. The van der Waals surface area contributed by atoms with Crippen molar-refractivity contribution in [1.29, 1.82) is 0 Å². The summed E-state index contributed by atoms with van der Waals surface area (Å²) in [5.41, 5.74) is 2.67. The first-order valence-corrected chi connectivity index (χ1v) is 4.37. The van der Waals surface area contributed by atoms with Crippen LogP contribution in [0.3, 0.4) is 0 Å². The lowest BCUT2D eigenvalue weighted by atomic mass is 10.0. The average Bonchev–Trinajstić information content (AvgIpc) is 2.10. The van der Waals surface area contributed by atoms with Gasteiger partial charge in [-0.1, -0.05) is 43.9 Å². The third-order valence-corrected chi connectivity index (χ3v) is 1.75. The minimum absolute atomic E-state index is 1.06. The van der Waals surface area contributed by atoms with Crippen molar-refractivity contribution in [3.63, 3.8) is 0 Å². The maximum absolute atomic E-state index is 3.69. The lowest BCUT2D eigenvalue weighted by Gasteiger charge is -2.01. The van der Waals surface area contributed by atoms with Gasteiger partial charge in [0.1, 0.15) is 0 Å². The molecule has 0 rings (SSSR count). The molecule has 0 bridgehead atoms. The second-order valence-electron chi connectivity index (χ2n) is 2.66. The molecular formula is C12H18. The van der Waals surface area contributed by atoms with Crippen LogP contribution in [0.1, 0.15) is 27.2 Å². The van der Waals surface area contributed by atoms with E-state index in [-0.39, 0.29) is 0 Å². The molecule has 0 heterocycles. The van der Waals surface area contributed by atoms with Crippen LogP contribution in [0.2, 0.25) is 0 Å². The van der Waals surface area contributed by atoms with Crippen LogP contribution in [-0.4, -0.2) is 0 Å². The summed E-state index contributed by atoms with van der Waals surface area (Å²) in [7, 11) is 0. The highest BCUT2D eigenvalue weighted by Crippen LogP contribution is 2.12. The van der Waals surface area contributed by atoms with E-state index in [1.165, 1.54) is 11.1 Å². The molecule has 0 nitrogen and oxygen atoms in total. The molecule has 0 fully saturated rings. The third-order valence-electron chi connectivity index (χ3n) is 1.75. The van der Waals surface area contributed by atoms with Crippen LogP contribution in [0, 0.1) is 0 Å². The van der Waals surface area contributed by atoms with Crippen LogP contribution in [0.15, 0.2) is 48.1 Å². The fourth-order valence-electron chi connectivity index (χ4n) is 1.02. The van der Waals surface area contributed by atoms with Crippen LogP contribution >= 0.6 is 0 Å². The van der Waals surface area contributed by atoms with Gasteiger partial charge in [0.05, 0.1) is 0 Å². The highest BCUT2D eigenvalue weighted by molar-refractivity contribution is 5.33. The van der Waals surface area contributed by atoms with E-state index in [4.69, 9.17) is 0 Å². The normalized spacial score (nSPS) is 13.9. The molecule has 0 unspecified atom stereocenters. The highest BCUT2D eigenvalue weighted by atomic mass is 14.0. The summed E-state index contributed by atoms with van der Waals surface area (Å²) in [5.74, 6) is 0. The fraction of sp³-hybridized carbons (Fsp3) is 0.333. The summed E-state index contributed by atoms with van der Waals surface area (Å²) in [4.78, 5) is 0. The zero-order valence-corrected chi connectivity index (χ0v) is 8.30. The van der Waals surface area contributed by atoms with Crippen LogP contribution in [0.4, 0.5) is 0 Å². The smallest absolute Gasteiger partial charge is 0.0305 e. The molecule has 0 saturated carbocycles. The molecule has 0 spiro atoms. The molecule has 0 atom stereocenters. The van der Waals surface area contributed by atoms with E-state index in [0.29, 0.717) is 0 Å². The average molecular weight is 162 g/mol. The van der Waals surface area contributed by atoms with Crippen molar-refractivity contribution in [2.24, 2.45) is 0 Å². The zero-order valence-electron chi connectivity index (χ0n) is 8.30. The third kappa shape index (κ3) is 3.97. The van der Waals surface area contributed by atoms with E-state index < -0.39 is 0 Å². The lowest BCUT2D eigenvalue weighted by molar-refractivity contribution is 1.10. The van der Waals surface area contributed by atoms with Gasteiger partial charge in [-0.3, -0.25) is 0 Å². The number of hydrogen-bond donors (Lipinski definition) is 0. The summed E-state index contributed by atoms with van der Waals surface area (Å²) in [6, 6.07) is 0.